The molecule has 0 aliphatic carbocycles. The number of nitrogens with one attached hydrogen (secondary N) is 3. The Morgan fingerprint density at radius 1 is 0.786 bits per heavy atom. The van der Waals surface area contributed by atoms with Crippen LogP contribution in [0.3, 0.4) is 0 Å². The summed E-state index contributed by atoms with van der Waals surface area (Å²) in [6.07, 6.45) is 7.41. The van der Waals surface area contributed by atoms with Crippen molar-refractivity contribution in [1.29, 1.82) is 0 Å². The minimum absolute atomic E-state index is 0.0175. The third-order valence-corrected chi connectivity index (χ3v) is 10.5. The summed E-state index contributed by atoms with van der Waals surface area (Å²) in [6.45, 7) is 3.56. The lowest BCUT2D eigenvalue weighted by atomic mass is 10.0. The van der Waals surface area contributed by atoms with Crippen molar-refractivity contribution in [2.75, 3.05) is 0 Å². The SMILES string of the molecule is CCCCCCc1noc([C@H](Cc2c[nH]c3ccccc23)NC(=O)[C@H](Cc2ccc(OP(=O)(OCc3ccccc3)OCc3ccccc3)cc2)NC(C)=O)n1. The van der Waals surface area contributed by atoms with Crippen LogP contribution in [0.4, 0.5) is 0 Å². The van der Waals surface area contributed by atoms with Crippen LogP contribution in [0.1, 0.15) is 79.5 Å². The molecular weight excluding hydrogens is 729 g/mol. The van der Waals surface area contributed by atoms with Crippen LogP contribution >= 0.6 is 7.82 Å². The van der Waals surface area contributed by atoms with Gasteiger partial charge in [-0.15, -0.1) is 0 Å². The quantitative estimate of drug-likeness (QED) is 0.0480. The topological polar surface area (TPSA) is 158 Å². The summed E-state index contributed by atoms with van der Waals surface area (Å²) < 4.78 is 37.0. The van der Waals surface area contributed by atoms with Crippen LogP contribution in [0, 0.1) is 0 Å². The molecule has 0 aliphatic heterocycles. The molecular formula is C43H48N5O7P. The Morgan fingerprint density at radius 2 is 1.45 bits per heavy atom. The first-order valence-corrected chi connectivity index (χ1v) is 20.4. The Balaban J connectivity index is 1.16. The van der Waals surface area contributed by atoms with Gasteiger partial charge in [-0.1, -0.05) is 122 Å². The Bertz CT molecular complexity index is 2140. The standard InChI is InChI=1S/C43H48N5O7P/c1-3-4-5-12-21-41-47-43(54-48-41)40(27-35-28-44-38-20-14-13-19-37(35)38)46-42(50)39(45-31(2)49)26-32-22-24-36(25-23-32)55-56(51,52-29-33-15-8-6-9-16-33)53-30-34-17-10-7-11-18-34/h6-11,13-20,22-25,28,39-40,44H,3-5,12,21,26-27,29-30H2,1-2H3,(H,45,49)(H,46,50)/t39-,40-/m0/s1. The lowest BCUT2D eigenvalue weighted by molar-refractivity contribution is -0.128. The van der Waals surface area contributed by atoms with Gasteiger partial charge in [-0.2, -0.15) is 4.98 Å². The number of hydrogen-bond donors (Lipinski definition) is 3. The molecule has 0 radical (unpaired) electrons. The number of phosphoric acid groups is 1. The molecule has 13 heteroatoms. The fourth-order valence-electron chi connectivity index (χ4n) is 6.26. The molecule has 0 saturated carbocycles. The predicted molar refractivity (Wildman–Crippen MR) is 213 cm³/mol. The Morgan fingerprint density at radius 3 is 2.11 bits per heavy atom. The molecule has 0 bridgehead atoms. The molecule has 292 valence electrons. The van der Waals surface area contributed by atoms with Crippen molar-refractivity contribution < 1.29 is 32.2 Å². The number of amides is 2. The lowest BCUT2D eigenvalue weighted by Gasteiger charge is -2.22. The highest BCUT2D eigenvalue weighted by Gasteiger charge is 2.30. The lowest BCUT2D eigenvalue weighted by Crippen LogP contribution is -2.48. The monoisotopic (exact) mass is 777 g/mol. The number of aromatic amines is 1. The first-order chi connectivity index (χ1) is 27.3. The van der Waals surface area contributed by atoms with E-state index in [0.717, 1.165) is 58.8 Å². The summed E-state index contributed by atoms with van der Waals surface area (Å²) in [5.41, 5.74) is 4.28. The Labute approximate surface area is 327 Å². The summed E-state index contributed by atoms with van der Waals surface area (Å²) in [7, 11) is -4.09. The van der Waals surface area contributed by atoms with E-state index in [1.807, 2.05) is 91.1 Å². The molecule has 6 aromatic rings. The number of carbonyl (C=O) groups excluding carboxylic acids is 2. The van der Waals surface area contributed by atoms with Crippen molar-refractivity contribution in [2.45, 2.75) is 84.1 Å². The second kappa shape index (κ2) is 19.9. The van der Waals surface area contributed by atoms with Gasteiger partial charge in [0.1, 0.15) is 17.8 Å². The molecule has 0 aliphatic rings. The van der Waals surface area contributed by atoms with Crippen molar-refractivity contribution in [3.63, 3.8) is 0 Å². The highest BCUT2D eigenvalue weighted by atomic mass is 31.2. The van der Waals surface area contributed by atoms with E-state index in [2.05, 4.69) is 32.7 Å². The van der Waals surface area contributed by atoms with Crippen molar-refractivity contribution in [3.05, 3.63) is 149 Å². The van der Waals surface area contributed by atoms with E-state index in [1.54, 1.807) is 24.3 Å². The molecule has 2 amide bonds. The minimum atomic E-state index is -4.09. The number of hydrogen-bond acceptors (Lipinski definition) is 9. The smallest absolute Gasteiger partial charge is 0.404 e. The van der Waals surface area contributed by atoms with Crippen LogP contribution in [0.25, 0.3) is 10.9 Å². The second-order valence-corrected chi connectivity index (χ2v) is 15.2. The second-order valence-electron chi connectivity index (χ2n) is 13.6. The number of fused-ring (bicyclic) bond motifs is 1. The van der Waals surface area contributed by atoms with E-state index >= 15 is 0 Å². The first kappa shape index (κ1) is 40.1. The van der Waals surface area contributed by atoms with Crippen molar-refractivity contribution in [3.8, 4) is 5.75 Å². The number of H-pyrrole nitrogens is 1. The Hall–Kier alpha value is -5.55. The molecule has 2 aromatic heterocycles. The van der Waals surface area contributed by atoms with Gasteiger partial charge in [-0.3, -0.25) is 18.6 Å². The van der Waals surface area contributed by atoms with Gasteiger partial charge in [-0.05, 0) is 46.9 Å². The highest BCUT2D eigenvalue weighted by molar-refractivity contribution is 7.48. The van der Waals surface area contributed by atoms with Gasteiger partial charge in [0.25, 0.3) is 0 Å². The maximum atomic E-state index is 14.0. The van der Waals surface area contributed by atoms with Gasteiger partial charge in [-0.25, -0.2) is 4.57 Å². The maximum absolute atomic E-state index is 14.0. The summed E-state index contributed by atoms with van der Waals surface area (Å²) in [5, 5.41) is 11.1. The van der Waals surface area contributed by atoms with Gasteiger partial charge in [0.15, 0.2) is 5.82 Å². The van der Waals surface area contributed by atoms with Gasteiger partial charge in [0, 0.05) is 43.3 Å². The molecule has 2 heterocycles. The number of benzene rings is 4. The van der Waals surface area contributed by atoms with E-state index in [4.69, 9.17) is 18.1 Å². The van der Waals surface area contributed by atoms with Crippen LogP contribution in [-0.4, -0.2) is 33.0 Å². The zero-order valence-electron chi connectivity index (χ0n) is 31.7. The third-order valence-electron chi connectivity index (χ3n) is 9.19. The first-order valence-electron chi connectivity index (χ1n) is 19.0. The van der Waals surface area contributed by atoms with Crippen LogP contribution in [-0.2, 0) is 55.7 Å². The largest absolute Gasteiger partial charge is 0.530 e. The fourth-order valence-corrected chi connectivity index (χ4v) is 7.44. The number of phosphoric ester groups is 1. The van der Waals surface area contributed by atoms with Gasteiger partial charge in [0.05, 0.1) is 13.2 Å². The minimum Gasteiger partial charge on any atom is -0.404 e. The fraction of sp³-hybridized carbons (Fsp3) is 0.302. The van der Waals surface area contributed by atoms with E-state index < -0.39 is 25.8 Å². The zero-order valence-corrected chi connectivity index (χ0v) is 32.6. The molecule has 2 atom stereocenters. The highest BCUT2D eigenvalue weighted by Crippen LogP contribution is 2.51. The van der Waals surface area contributed by atoms with Crippen LogP contribution in [0.2, 0.25) is 0 Å². The predicted octanol–water partition coefficient (Wildman–Crippen LogP) is 8.74. The third kappa shape index (κ3) is 11.7. The molecule has 0 saturated heterocycles. The Kier molecular flexibility index (Phi) is 14.2. The van der Waals surface area contributed by atoms with Crippen molar-refractivity contribution in [2.24, 2.45) is 0 Å². The zero-order chi connectivity index (χ0) is 39.2. The average Bonchev–Trinajstić information content (AvgIpc) is 3.86. The molecule has 12 nitrogen and oxygen atoms in total. The molecule has 6 rings (SSSR count). The average molecular weight is 778 g/mol. The summed E-state index contributed by atoms with van der Waals surface area (Å²) >= 11 is 0. The number of para-hydroxylation sites is 1. The molecule has 56 heavy (non-hydrogen) atoms. The van der Waals surface area contributed by atoms with E-state index in [1.165, 1.54) is 6.92 Å². The number of unbranched alkanes of at least 4 members (excludes halogenated alkanes) is 3. The number of aromatic nitrogens is 3. The van der Waals surface area contributed by atoms with Crippen molar-refractivity contribution in [1.82, 2.24) is 25.8 Å². The van der Waals surface area contributed by atoms with E-state index in [9.17, 15) is 14.2 Å². The summed E-state index contributed by atoms with van der Waals surface area (Å²) in [4.78, 5) is 34.4. The molecule has 4 aromatic carbocycles. The number of carbonyl (C=O) groups is 2. The molecule has 0 spiro atoms. The van der Waals surface area contributed by atoms with Crippen molar-refractivity contribution >= 4 is 30.5 Å². The van der Waals surface area contributed by atoms with E-state index in [0.29, 0.717) is 24.6 Å². The molecule has 0 unspecified atom stereocenters. The number of rotatable bonds is 21. The molecule has 0 fully saturated rings. The van der Waals surface area contributed by atoms with E-state index in [-0.39, 0.29) is 31.3 Å². The number of nitrogens with zero attached hydrogens (tertiary/aromatic N) is 2. The maximum Gasteiger partial charge on any atom is 0.530 e. The van der Waals surface area contributed by atoms with Gasteiger partial charge in [0.2, 0.25) is 17.7 Å². The van der Waals surface area contributed by atoms with Crippen LogP contribution < -0.4 is 15.2 Å². The summed E-state index contributed by atoms with van der Waals surface area (Å²) in [5.74, 6) is 0.360. The summed E-state index contributed by atoms with van der Waals surface area (Å²) in [6, 6.07) is 31.7. The number of aryl methyl sites for hydroxylation is 1. The molecule has 3 N–H and O–H groups in total. The normalized spacial score (nSPS) is 12.6. The van der Waals surface area contributed by atoms with Gasteiger partial charge >= 0.3 is 7.82 Å². The van der Waals surface area contributed by atoms with Crippen LogP contribution in [0.15, 0.2) is 120 Å². The van der Waals surface area contributed by atoms with Crippen LogP contribution in [0.5, 0.6) is 5.75 Å². The van der Waals surface area contributed by atoms with Gasteiger partial charge < -0.3 is 24.7 Å².